The Morgan fingerprint density at radius 1 is 1.00 bits per heavy atom. The van der Waals surface area contributed by atoms with E-state index in [9.17, 15) is 4.79 Å². The van der Waals surface area contributed by atoms with E-state index < -0.39 is 6.09 Å². The lowest BCUT2D eigenvalue weighted by Crippen LogP contribution is -2.19. The summed E-state index contributed by atoms with van der Waals surface area (Å²) in [5.74, 6) is 0.368. The summed E-state index contributed by atoms with van der Waals surface area (Å²) < 4.78 is 14.8. The molecule has 0 atom stereocenters. The van der Waals surface area contributed by atoms with Gasteiger partial charge in [-0.15, -0.1) is 4.98 Å². The number of carbonyl (C=O) groups excluding carboxylic acids is 1. The summed E-state index contributed by atoms with van der Waals surface area (Å²) in [6, 6.07) is 8.64. The molecule has 2 rings (SSSR count). The van der Waals surface area contributed by atoms with Crippen LogP contribution in [-0.4, -0.2) is 35.3 Å². The van der Waals surface area contributed by atoms with Crippen molar-refractivity contribution in [3.8, 4) is 17.8 Å². The third-order valence-electron chi connectivity index (χ3n) is 2.13. The molecule has 0 saturated heterocycles. The van der Waals surface area contributed by atoms with E-state index in [1.165, 1.54) is 14.2 Å². The highest BCUT2D eigenvalue weighted by Crippen LogP contribution is 2.13. The van der Waals surface area contributed by atoms with E-state index in [1.54, 1.807) is 24.3 Å². The third kappa shape index (κ3) is 3.55. The molecule has 104 valence electrons. The molecular weight excluding hydrogens is 264 g/mol. The Labute approximate surface area is 114 Å². The highest BCUT2D eigenvalue weighted by Gasteiger charge is 2.11. The third-order valence-corrected chi connectivity index (χ3v) is 2.13. The average Bonchev–Trinajstić information content (AvgIpc) is 2.47. The van der Waals surface area contributed by atoms with Crippen LogP contribution in [0.2, 0.25) is 0 Å². The van der Waals surface area contributed by atoms with Gasteiger partial charge >= 0.3 is 18.1 Å². The Morgan fingerprint density at radius 3 is 2.15 bits per heavy atom. The molecule has 2 aromatic rings. The lowest BCUT2D eigenvalue weighted by molar-refractivity contribution is 0.215. The van der Waals surface area contributed by atoms with E-state index >= 15 is 0 Å². The number of para-hydroxylation sites is 1. The maximum atomic E-state index is 11.7. The second-order valence-corrected chi connectivity index (χ2v) is 3.46. The molecule has 0 aliphatic carbocycles. The normalized spacial score (nSPS) is 9.70. The van der Waals surface area contributed by atoms with Gasteiger partial charge in [-0.3, -0.25) is 5.32 Å². The van der Waals surface area contributed by atoms with Crippen LogP contribution in [0.5, 0.6) is 17.8 Å². The molecule has 1 aromatic heterocycles. The minimum absolute atomic E-state index is 0.0202. The first-order valence-corrected chi connectivity index (χ1v) is 5.59. The van der Waals surface area contributed by atoms with E-state index in [-0.39, 0.29) is 18.0 Å². The summed E-state index contributed by atoms with van der Waals surface area (Å²) in [5.41, 5.74) is 0. The van der Waals surface area contributed by atoms with E-state index in [0.717, 1.165) is 0 Å². The van der Waals surface area contributed by atoms with Crippen LogP contribution in [-0.2, 0) is 0 Å². The van der Waals surface area contributed by atoms with Crippen LogP contribution in [0.25, 0.3) is 0 Å². The van der Waals surface area contributed by atoms with Gasteiger partial charge in [-0.2, -0.15) is 9.97 Å². The molecule has 0 radical (unpaired) electrons. The number of benzene rings is 1. The van der Waals surface area contributed by atoms with Crippen molar-refractivity contribution in [2.45, 2.75) is 0 Å². The van der Waals surface area contributed by atoms with Crippen molar-refractivity contribution in [3.05, 3.63) is 30.3 Å². The first kappa shape index (κ1) is 13.5. The summed E-state index contributed by atoms with van der Waals surface area (Å²) in [6.07, 6.45) is -0.730. The van der Waals surface area contributed by atoms with Crippen LogP contribution in [0.15, 0.2) is 30.3 Å². The summed E-state index contributed by atoms with van der Waals surface area (Å²) in [4.78, 5) is 23.2. The van der Waals surface area contributed by atoms with Gasteiger partial charge in [0.1, 0.15) is 5.75 Å². The van der Waals surface area contributed by atoms with Gasteiger partial charge in [-0.25, -0.2) is 4.79 Å². The monoisotopic (exact) mass is 276 g/mol. The van der Waals surface area contributed by atoms with Crippen molar-refractivity contribution in [2.75, 3.05) is 19.5 Å². The summed E-state index contributed by atoms with van der Waals surface area (Å²) in [6.45, 7) is 0. The number of carbonyl (C=O) groups is 1. The Kier molecular flexibility index (Phi) is 4.28. The molecule has 0 saturated carbocycles. The second kappa shape index (κ2) is 6.32. The smallest absolute Gasteiger partial charge is 0.419 e. The van der Waals surface area contributed by atoms with E-state index in [2.05, 4.69) is 20.3 Å². The number of anilines is 1. The minimum Gasteiger partial charge on any atom is -0.467 e. The molecule has 0 aliphatic heterocycles. The molecule has 1 amide bonds. The lowest BCUT2D eigenvalue weighted by atomic mass is 10.3. The van der Waals surface area contributed by atoms with Crippen molar-refractivity contribution < 1.29 is 19.0 Å². The zero-order chi connectivity index (χ0) is 14.4. The summed E-state index contributed by atoms with van der Waals surface area (Å²) in [7, 11) is 2.78. The number of methoxy groups -OCH3 is 2. The minimum atomic E-state index is -0.730. The topological polar surface area (TPSA) is 95.5 Å². The summed E-state index contributed by atoms with van der Waals surface area (Å²) in [5, 5.41) is 2.36. The molecule has 8 nitrogen and oxygen atoms in total. The zero-order valence-corrected chi connectivity index (χ0v) is 10.9. The largest absolute Gasteiger partial charge is 0.467 e. The van der Waals surface area contributed by atoms with Crippen molar-refractivity contribution in [2.24, 2.45) is 0 Å². The van der Waals surface area contributed by atoms with Crippen molar-refractivity contribution in [1.82, 2.24) is 15.0 Å². The predicted octanol–water partition coefficient (Wildman–Crippen LogP) is 1.50. The first-order chi connectivity index (χ1) is 9.71. The van der Waals surface area contributed by atoms with Gasteiger partial charge in [0.25, 0.3) is 0 Å². The van der Waals surface area contributed by atoms with Gasteiger partial charge in [-0.05, 0) is 12.1 Å². The SMILES string of the molecule is COc1nc(NC(=O)Oc2ccccc2)nc(OC)n1. The van der Waals surface area contributed by atoms with E-state index in [1.807, 2.05) is 6.07 Å². The van der Waals surface area contributed by atoms with E-state index in [4.69, 9.17) is 14.2 Å². The average molecular weight is 276 g/mol. The number of hydrogen-bond donors (Lipinski definition) is 1. The Hall–Kier alpha value is -2.90. The fourth-order valence-corrected chi connectivity index (χ4v) is 1.29. The fraction of sp³-hybridized carbons (Fsp3) is 0.167. The van der Waals surface area contributed by atoms with Gasteiger partial charge in [-0.1, -0.05) is 18.2 Å². The van der Waals surface area contributed by atoms with Crippen molar-refractivity contribution in [3.63, 3.8) is 0 Å². The molecule has 0 fully saturated rings. The number of amides is 1. The number of nitrogens with one attached hydrogen (secondary N) is 1. The van der Waals surface area contributed by atoms with Gasteiger partial charge in [0.15, 0.2) is 0 Å². The van der Waals surface area contributed by atoms with Crippen LogP contribution in [0.3, 0.4) is 0 Å². The van der Waals surface area contributed by atoms with Crippen molar-refractivity contribution in [1.29, 1.82) is 0 Å². The quantitative estimate of drug-likeness (QED) is 0.903. The molecule has 1 heterocycles. The lowest BCUT2D eigenvalue weighted by Gasteiger charge is -2.07. The number of nitrogens with zero attached hydrogens (tertiary/aromatic N) is 3. The molecule has 0 aliphatic rings. The molecule has 0 bridgehead atoms. The molecule has 20 heavy (non-hydrogen) atoms. The molecule has 0 spiro atoms. The molecular formula is C12H12N4O4. The second-order valence-electron chi connectivity index (χ2n) is 3.46. The number of rotatable bonds is 4. The molecule has 0 unspecified atom stereocenters. The van der Waals surface area contributed by atoms with Crippen molar-refractivity contribution >= 4 is 12.0 Å². The Balaban J connectivity index is 2.07. The zero-order valence-electron chi connectivity index (χ0n) is 10.9. The number of ether oxygens (including phenoxy) is 3. The van der Waals surface area contributed by atoms with E-state index in [0.29, 0.717) is 5.75 Å². The van der Waals surface area contributed by atoms with Crippen LogP contribution >= 0.6 is 0 Å². The highest BCUT2D eigenvalue weighted by atomic mass is 16.6. The fourth-order valence-electron chi connectivity index (χ4n) is 1.29. The van der Waals surface area contributed by atoms with Gasteiger partial charge in [0, 0.05) is 0 Å². The molecule has 1 aromatic carbocycles. The Morgan fingerprint density at radius 2 is 1.60 bits per heavy atom. The molecule has 1 N–H and O–H groups in total. The van der Waals surface area contributed by atoms with Gasteiger partial charge in [0.05, 0.1) is 14.2 Å². The Bertz CT molecular complexity index is 569. The van der Waals surface area contributed by atoms with Gasteiger partial charge < -0.3 is 14.2 Å². The van der Waals surface area contributed by atoms with Crippen LogP contribution in [0.4, 0.5) is 10.7 Å². The highest BCUT2D eigenvalue weighted by molar-refractivity contribution is 5.84. The summed E-state index contributed by atoms with van der Waals surface area (Å²) >= 11 is 0. The van der Waals surface area contributed by atoms with Crippen LogP contribution < -0.4 is 19.5 Å². The van der Waals surface area contributed by atoms with Crippen LogP contribution in [0, 0.1) is 0 Å². The van der Waals surface area contributed by atoms with Crippen LogP contribution in [0.1, 0.15) is 0 Å². The van der Waals surface area contributed by atoms with Gasteiger partial charge in [0.2, 0.25) is 5.95 Å². The number of aromatic nitrogens is 3. The standard InChI is InChI=1S/C12H12N4O4/c1-18-10-13-9(14-11(16-10)19-2)15-12(17)20-8-6-4-3-5-7-8/h3-7H,1-2H3,(H,13,14,15,16,17). The maximum absolute atomic E-state index is 11.7. The number of hydrogen-bond acceptors (Lipinski definition) is 7. The first-order valence-electron chi connectivity index (χ1n) is 5.59. The predicted molar refractivity (Wildman–Crippen MR) is 69.0 cm³/mol. The maximum Gasteiger partial charge on any atom is 0.419 e. The molecule has 8 heteroatoms.